The SMILES string of the molecule is CCCCCC(CCCC)(CCCC)P(=O)(O)O. The van der Waals surface area contributed by atoms with E-state index in [-0.39, 0.29) is 0 Å². The van der Waals surface area contributed by atoms with Crippen LogP contribution in [0, 0.1) is 0 Å². The quantitative estimate of drug-likeness (QED) is 0.419. The smallest absolute Gasteiger partial charge is 0.324 e. The van der Waals surface area contributed by atoms with Crippen LogP contribution in [0.4, 0.5) is 0 Å². The van der Waals surface area contributed by atoms with E-state index in [1.165, 1.54) is 0 Å². The van der Waals surface area contributed by atoms with Crippen LogP contribution >= 0.6 is 7.60 Å². The van der Waals surface area contributed by atoms with Gasteiger partial charge in [0.1, 0.15) is 0 Å². The minimum atomic E-state index is -4.01. The van der Waals surface area contributed by atoms with E-state index in [9.17, 15) is 14.4 Å². The summed E-state index contributed by atoms with van der Waals surface area (Å²) < 4.78 is 12.0. The van der Waals surface area contributed by atoms with Crippen LogP contribution in [0.5, 0.6) is 0 Å². The summed E-state index contributed by atoms with van der Waals surface area (Å²) in [5.74, 6) is 0. The highest BCUT2D eigenvalue weighted by Gasteiger charge is 2.44. The first kappa shape index (κ1) is 18.1. The predicted molar refractivity (Wildman–Crippen MR) is 78.0 cm³/mol. The highest BCUT2D eigenvalue weighted by Crippen LogP contribution is 2.58. The molecule has 0 fully saturated rings. The highest BCUT2D eigenvalue weighted by atomic mass is 31.2. The molecule has 0 heterocycles. The molecule has 0 amide bonds. The average Bonchev–Trinajstić information content (AvgIpc) is 2.31. The average molecular weight is 278 g/mol. The van der Waals surface area contributed by atoms with Crippen molar-refractivity contribution in [2.75, 3.05) is 0 Å². The maximum atomic E-state index is 12.0. The van der Waals surface area contributed by atoms with Crippen molar-refractivity contribution in [1.82, 2.24) is 0 Å². The molecular weight excluding hydrogens is 247 g/mol. The summed E-state index contributed by atoms with van der Waals surface area (Å²) in [4.78, 5) is 19.6. The van der Waals surface area contributed by atoms with Crippen molar-refractivity contribution in [2.24, 2.45) is 0 Å². The third-order valence-electron chi connectivity index (χ3n) is 3.85. The first-order valence-electron chi connectivity index (χ1n) is 7.49. The number of rotatable bonds is 11. The normalized spacial score (nSPS) is 12.9. The lowest BCUT2D eigenvalue weighted by atomic mass is 9.89. The predicted octanol–water partition coefficient (Wildman–Crippen LogP) is 4.86. The lowest BCUT2D eigenvalue weighted by Gasteiger charge is -2.34. The van der Waals surface area contributed by atoms with Gasteiger partial charge in [-0.3, -0.25) is 4.57 Å². The molecule has 3 nitrogen and oxygen atoms in total. The monoisotopic (exact) mass is 278 g/mol. The van der Waals surface area contributed by atoms with Gasteiger partial charge in [0.25, 0.3) is 0 Å². The van der Waals surface area contributed by atoms with E-state index in [0.29, 0.717) is 19.3 Å². The molecule has 110 valence electrons. The first-order valence-corrected chi connectivity index (χ1v) is 9.10. The van der Waals surface area contributed by atoms with Crippen LogP contribution in [0.25, 0.3) is 0 Å². The molecule has 0 saturated heterocycles. The molecule has 0 saturated carbocycles. The molecule has 0 aliphatic heterocycles. The van der Waals surface area contributed by atoms with Gasteiger partial charge in [-0.1, -0.05) is 65.7 Å². The summed E-state index contributed by atoms with van der Waals surface area (Å²) in [6, 6.07) is 0. The van der Waals surface area contributed by atoms with Gasteiger partial charge in [-0.15, -0.1) is 0 Å². The molecular formula is C14H31O3P. The Bertz CT molecular complexity index is 239. The maximum absolute atomic E-state index is 12.0. The molecule has 0 atom stereocenters. The van der Waals surface area contributed by atoms with Crippen molar-refractivity contribution in [2.45, 2.75) is 90.1 Å². The van der Waals surface area contributed by atoms with Gasteiger partial charge in [-0.05, 0) is 19.3 Å². The van der Waals surface area contributed by atoms with Crippen molar-refractivity contribution in [3.63, 3.8) is 0 Å². The molecule has 0 aromatic rings. The molecule has 4 heteroatoms. The van der Waals surface area contributed by atoms with E-state index in [4.69, 9.17) is 0 Å². The van der Waals surface area contributed by atoms with Gasteiger partial charge >= 0.3 is 7.60 Å². The lowest BCUT2D eigenvalue weighted by Crippen LogP contribution is -2.29. The van der Waals surface area contributed by atoms with Crippen LogP contribution in [0.15, 0.2) is 0 Å². The summed E-state index contributed by atoms with van der Waals surface area (Å²) in [5, 5.41) is -0.742. The minimum absolute atomic E-state index is 0.678. The van der Waals surface area contributed by atoms with E-state index in [1.54, 1.807) is 0 Å². The van der Waals surface area contributed by atoms with Crippen molar-refractivity contribution in [3.8, 4) is 0 Å². The number of hydrogen-bond donors (Lipinski definition) is 2. The fourth-order valence-corrected chi connectivity index (χ4v) is 3.88. The highest BCUT2D eigenvalue weighted by molar-refractivity contribution is 7.53. The van der Waals surface area contributed by atoms with Crippen LogP contribution in [0.1, 0.15) is 85.0 Å². The zero-order valence-corrected chi connectivity index (χ0v) is 13.2. The second kappa shape index (κ2) is 9.12. The molecule has 0 unspecified atom stereocenters. The van der Waals surface area contributed by atoms with Crippen molar-refractivity contribution in [1.29, 1.82) is 0 Å². The van der Waals surface area contributed by atoms with E-state index < -0.39 is 12.8 Å². The second-order valence-electron chi connectivity index (χ2n) is 5.43. The van der Waals surface area contributed by atoms with Gasteiger partial charge in [0.05, 0.1) is 5.16 Å². The Balaban J connectivity index is 4.81. The van der Waals surface area contributed by atoms with Crippen molar-refractivity contribution < 1.29 is 14.4 Å². The zero-order valence-electron chi connectivity index (χ0n) is 12.3. The fraction of sp³-hybridized carbons (Fsp3) is 1.00. The Labute approximate surface area is 113 Å². The van der Waals surface area contributed by atoms with E-state index in [2.05, 4.69) is 20.8 Å². The largest absolute Gasteiger partial charge is 0.331 e. The third-order valence-corrected chi connectivity index (χ3v) is 5.76. The van der Waals surface area contributed by atoms with Gasteiger partial charge in [0, 0.05) is 0 Å². The molecule has 18 heavy (non-hydrogen) atoms. The molecule has 0 aromatic heterocycles. The van der Waals surface area contributed by atoms with Crippen molar-refractivity contribution >= 4 is 7.60 Å². The van der Waals surface area contributed by atoms with Gasteiger partial charge in [-0.25, -0.2) is 0 Å². The minimum Gasteiger partial charge on any atom is -0.324 e. The van der Waals surface area contributed by atoms with E-state index in [1.807, 2.05) is 0 Å². The molecule has 0 rings (SSSR count). The first-order chi connectivity index (χ1) is 8.43. The van der Waals surface area contributed by atoms with Gasteiger partial charge in [-0.2, -0.15) is 0 Å². The number of unbranched alkanes of at least 4 members (excludes halogenated alkanes) is 4. The Morgan fingerprint density at radius 2 is 1.17 bits per heavy atom. The summed E-state index contributed by atoms with van der Waals surface area (Å²) in [6.45, 7) is 6.28. The summed E-state index contributed by atoms with van der Waals surface area (Å²) >= 11 is 0. The van der Waals surface area contributed by atoms with E-state index >= 15 is 0 Å². The Morgan fingerprint density at radius 1 is 0.778 bits per heavy atom. The zero-order chi connectivity index (χ0) is 14.1. The lowest BCUT2D eigenvalue weighted by molar-refractivity contribution is 0.284. The second-order valence-corrected chi connectivity index (χ2v) is 7.47. The van der Waals surface area contributed by atoms with Crippen LogP contribution in [0.3, 0.4) is 0 Å². The van der Waals surface area contributed by atoms with Crippen LogP contribution in [-0.2, 0) is 4.57 Å². The van der Waals surface area contributed by atoms with E-state index in [0.717, 1.165) is 44.9 Å². The Hall–Kier alpha value is 0.150. The van der Waals surface area contributed by atoms with Gasteiger partial charge in [0.15, 0.2) is 0 Å². The molecule has 0 bridgehead atoms. The van der Waals surface area contributed by atoms with Gasteiger partial charge < -0.3 is 9.79 Å². The molecule has 2 N–H and O–H groups in total. The topological polar surface area (TPSA) is 57.5 Å². The Morgan fingerprint density at radius 3 is 1.50 bits per heavy atom. The standard InChI is InChI=1S/C14H31O3P/c1-4-7-10-13-14(11-8-5-2,12-9-6-3)18(15,16)17/h4-13H2,1-3H3,(H2,15,16,17). The summed E-state index contributed by atoms with van der Waals surface area (Å²) in [6.07, 6.45) is 8.99. The maximum Gasteiger partial charge on any atom is 0.331 e. The fourth-order valence-electron chi connectivity index (χ4n) is 2.53. The van der Waals surface area contributed by atoms with Crippen LogP contribution in [-0.4, -0.2) is 14.9 Å². The summed E-state index contributed by atoms with van der Waals surface area (Å²) in [7, 11) is -4.01. The van der Waals surface area contributed by atoms with Crippen LogP contribution < -0.4 is 0 Å². The molecule has 0 spiro atoms. The summed E-state index contributed by atoms with van der Waals surface area (Å²) in [5.41, 5.74) is 0. The molecule has 0 aromatic carbocycles. The van der Waals surface area contributed by atoms with Crippen LogP contribution in [0.2, 0.25) is 0 Å². The molecule has 0 aliphatic carbocycles. The molecule has 0 aliphatic rings. The van der Waals surface area contributed by atoms with Crippen molar-refractivity contribution in [3.05, 3.63) is 0 Å². The molecule has 0 radical (unpaired) electrons. The third kappa shape index (κ3) is 5.86. The Kier molecular flexibility index (Phi) is 9.19. The van der Waals surface area contributed by atoms with Gasteiger partial charge in [0.2, 0.25) is 0 Å². The number of hydrogen-bond acceptors (Lipinski definition) is 1.